The molecule has 0 atom stereocenters. The summed E-state index contributed by atoms with van der Waals surface area (Å²) in [5, 5.41) is 0. The van der Waals surface area contributed by atoms with E-state index in [1.807, 2.05) is 17.0 Å². The van der Waals surface area contributed by atoms with Gasteiger partial charge in [-0.15, -0.1) is 0 Å². The molecular weight excluding hydrogens is 335 g/mol. The van der Waals surface area contributed by atoms with Crippen molar-refractivity contribution in [2.75, 3.05) is 39.5 Å². The highest BCUT2D eigenvalue weighted by molar-refractivity contribution is 5.95. The molecule has 2 aliphatic heterocycles. The number of amides is 1. The normalized spacial score (nSPS) is 16.7. The van der Waals surface area contributed by atoms with Crippen LogP contribution in [0.4, 0.5) is 4.39 Å². The summed E-state index contributed by atoms with van der Waals surface area (Å²) in [6.07, 6.45) is 0.683. The van der Waals surface area contributed by atoms with Crippen LogP contribution in [0.5, 0.6) is 11.5 Å². The zero-order chi connectivity index (χ0) is 17.9. The number of halogens is 1. The molecule has 2 aliphatic rings. The van der Waals surface area contributed by atoms with Crippen molar-refractivity contribution in [1.29, 1.82) is 0 Å². The second kappa shape index (κ2) is 7.33. The van der Waals surface area contributed by atoms with Crippen LogP contribution in [0.1, 0.15) is 15.9 Å². The van der Waals surface area contributed by atoms with Gasteiger partial charge in [-0.2, -0.15) is 0 Å². The van der Waals surface area contributed by atoms with Crippen molar-refractivity contribution in [2.24, 2.45) is 0 Å². The Morgan fingerprint density at radius 1 is 1.00 bits per heavy atom. The highest BCUT2D eigenvalue weighted by atomic mass is 19.1. The van der Waals surface area contributed by atoms with Crippen LogP contribution in [0.25, 0.3) is 0 Å². The highest BCUT2D eigenvalue weighted by Crippen LogP contribution is 2.32. The molecule has 1 saturated heterocycles. The van der Waals surface area contributed by atoms with Gasteiger partial charge >= 0.3 is 0 Å². The van der Waals surface area contributed by atoms with Crippen molar-refractivity contribution in [1.82, 2.24) is 9.80 Å². The number of hydrogen-bond donors (Lipinski definition) is 0. The summed E-state index contributed by atoms with van der Waals surface area (Å²) in [7, 11) is 0. The van der Waals surface area contributed by atoms with Crippen LogP contribution in [0.3, 0.4) is 0 Å². The summed E-state index contributed by atoms with van der Waals surface area (Å²) in [6, 6.07) is 12.2. The third-order valence-electron chi connectivity index (χ3n) is 4.93. The predicted octanol–water partition coefficient (Wildman–Crippen LogP) is 2.55. The lowest BCUT2D eigenvalue weighted by Crippen LogP contribution is -2.49. The third-order valence-corrected chi connectivity index (χ3v) is 4.93. The van der Waals surface area contributed by atoms with Crippen LogP contribution < -0.4 is 9.47 Å². The number of piperazine rings is 1. The predicted molar refractivity (Wildman–Crippen MR) is 95.0 cm³/mol. The molecule has 1 fully saturated rings. The van der Waals surface area contributed by atoms with E-state index in [2.05, 4.69) is 4.90 Å². The first-order valence-electron chi connectivity index (χ1n) is 8.85. The number of rotatable bonds is 4. The lowest BCUT2D eigenvalue weighted by Gasteiger charge is -2.34. The molecule has 5 nitrogen and oxygen atoms in total. The summed E-state index contributed by atoms with van der Waals surface area (Å²) in [6.45, 7) is 3.94. The zero-order valence-corrected chi connectivity index (χ0v) is 14.5. The van der Waals surface area contributed by atoms with Crippen LogP contribution in [-0.2, 0) is 6.42 Å². The maximum absolute atomic E-state index is 13.7. The van der Waals surface area contributed by atoms with E-state index in [0.717, 1.165) is 25.2 Å². The molecule has 2 aromatic rings. The summed E-state index contributed by atoms with van der Waals surface area (Å²) in [5.41, 5.74) is 1.36. The molecule has 0 spiro atoms. The second-order valence-electron chi connectivity index (χ2n) is 6.54. The number of ether oxygens (including phenoxy) is 2. The molecule has 0 unspecified atom stereocenters. The number of fused-ring (bicyclic) bond motifs is 1. The van der Waals surface area contributed by atoms with E-state index in [9.17, 15) is 9.18 Å². The molecule has 136 valence electrons. The van der Waals surface area contributed by atoms with E-state index in [1.54, 1.807) is 24.3 Å². The Bertz CT molecular complexity index is 803. The van der Waals surface area contributed by atoms with Crippen LogP contribution in [-0.4, -0.2) is 55.2 Å². The summed E-state index contributed by atoms with van der Waals surface area (Å²) >= 11 is 0. The summed E-state index contributed by atoms with van der Waals surface area (Å²) < 4.78 is 24.3. The maximum atomic E-state index is 13.7. The first-order chi connectivity index (χ1) is 12.7. The van der Waals surface area contributed by atoms with Gasteiger partial charge in [-0.05, 0) is 36.2 Å². The SMILES string of the molecule is O=C(c1ccc2c(c1)OCO2)N1CCN(CCc2ccccc2F)CC1. The molecule has 0 aliphatic carbocycles. The quantitative estimate of drug-likeness (QED) is 0.844. The summed E-state index contributed by atoms with van der Waals surface area (Å²) in [4.78, 5) is 16.8. The Morgan fingerprint density at radius 2 is 1.77 bits per heavy atom. The average molecular weight is 356 g/mol. The Morgan fingerprint density at radius 3 is 2.58 bits per heavy atom. The highest BCUT2D eigenvalue weighted by Gasteiger charge is 2.24. The molecule has 0 radical (unpaired) electrons. The molecule has 0 saturated carbocycles. The van der Waals surface area contributed by atoms with Crippen molar-refractivity contribution >= 4 is 5.91 Å². The third kappa shape index (κ3) is 3.51. The van der Waals surface area contributed by atoms with Crippen LogP contribution in [0, 0.1) is 5.82 Å². The number of hydrogen-bond acceptors (Lipinski definition) is 4. The van der Waals surface area contributed by atoms with E-state index >= 15 is 0 Å². The number of nitrogens with zero attached hydrogens (tertiary/aromatic N) is 2. The first-order valence-corrected chi connectivity index (χ1v) is 8.85. The fourth-order valence-corrected chi connectivity index (χ4v) is 3.37. The van der Waals surface area contributed by atoms with Crippen molar-refractivity contribution in [3.63, 3.8) is 0 Å². The standard InChI is InChI=1S/C20H21FN2O3/c21-17-4-2-1-3-15(17)7-8-22-9-11-23(12-10-22)20(24)16-5-6-18-19(13-16)26-14-25-18/h1-6,13H,7-12,14H2. The monoisotopic (exact) mass is 356 g/mol. The zero-order valence-electron chi connectivity index (χ0n) is 14.5. The van der Waals surface area contributed by atoms with Crippen molar-refractivity contribution in [3.8, 4) is 11.5 Å². The van der Waals surface area contributed by atoms with E-state index in [0.29, 0.717) is 36.6 Å². The van der Waals surface area contributed by atoms with Gasteiger partial charge in [0.1, 0.15) is 5.82 Å². The van der Waals surface area contributed by atoms with Gasteiger partial charge in [0.15, 0.2) is 11.5 Å². The largest absolute Gasteiger partial charge is 0.454 e. The van der Waals surface area contributed by atoms with Crippen LogP contribution in [0.2, 0.25) is 0 Å². The Hall–Kier alpha value is -2.60. The molecular formula is C20H21FN2O3. The maximum Gasteiger partial charge on any atom is 0.254 e. The molecule has 26 heavy (non-hydrogen) atoms. The van der Waals surface area contributed by atoms with E-state index in [-0.39, 0.29) is 18.5 Å². The van der Waals surface area contributed by atoms with Gasteiger partial charge in [0.2, 0.25) is 6.79 Å². The van der Waals surface area contributed by atoms with Gasteiger partial charge in [-0.25, -0.2) is 4.39 Å². The Labute approximate surface area is 151 Å². The average Bonchev–Trinajstić information content (AvgIpc) is 3.15. The molecule has 2 aromatic carbocycles. The molecule has 6 heteroatoms. The molecule has 1 amide bonds. The van der Waals surface area contributed by atoms with Crippen LogP contribution >= 0.6 is 0 Å². The van der Waals surface area contributed by atoms with Gasteiger partial charge in [0.25, 0.3) is 5.91 Å². The smallest absolute Gasteiger partial charge is 0.254 e. The van der Waals surface area contributed by atoms with E-state index in [4.69, 9.17) is 9.47 Å². The van der Waals surface area contributed by atoms with E-state index in [1.165, 1.54) is 6.07 Å². The van der Waals surface area contributed by atoms with Gasteiger partial charge in [-0.1, -0.05) is 18.2 Å². The molecule has 4 rings (SSSR count). The van der Waals surface area contributed by atoms with E-state index < -0.39 is 0 Å². The minimum absolute atomic E-state index is 0.0112. The summed E-state index contributed by atoms with van der Waals surface area (Å²) in [5.74, 6) is 1.17. The van der Waals surface area contributed by atoms with Crippen molar-refractivity contribution in [3.05, 3.63) is 59.4 Å². The topological polar surface area (TPSA) is 42.0 Å². The minimum atomic E-state index is -0.149. The van der Waals surface area contributed by atoms with Crippen molar-refractivity contribution in [2.45, 2.75) is 6.42 Å². The van der Waals surface area contributed by atoms with Gasteiger partial charge in [0, 0.05) is 38.3 Å². The fourth-order valence-electron chi connectivity index (χ4n) is 3.37. The van der Waals surface area contributed by atoms with Gasteiger partial charge in [0.05, 0.1) is 0 Å². The number of carbonyl (C=O) groups is 1. The molecule has 2 heterocycles. The molecule has 0 bridgehead atoms. The second-order valence-corrected chi connectivity index (χ2v) is 6.54. The first kappa shape index (κ1) is 16.8. The lowest BCUT2D eigenvalue weighted by atomic mass is 10.1. The number of benzene rings is 2. The van der Waals surface area contributed by atoms with Crippen molar-refractivity contribution < 1.29 is 18.7 Å². The van der Waals surface area contributed by atoms with Gasteiger partial charge < -0.3 is 14.4 Å². The lowest BCUT2D eigenvalue weighted by molar-refractivity contribution is 0.0638. The number of carbonyl (C=O) groups excluding carboxylic acids is 1. The molecule has 0 aromatic heterocycles. The Balaban J connectivity index is 1.30. The Kier molecular flexibility index (Phi) is 4.75. The minimum Gasteiger partial charge on any atom is -0.454 e. The molecule has 0 N–H and O–H groups in total. The fraction of sp³-hybridized carbons (Fsp3) is 0.350. The van der Waals surface area contributed by atoms with Gasteiger partial charge in [-0.3, -0.25) is 9.69 Å². The van der Waals surface area contributed by atoms with Crippen LogP contribution in [0.15, 0.2) is 42.5 Å².